The molecule has 5 nitrogen and oxygen atoms in total. The molecule has 3 rings (SSSR count). The van der Waals surface area contributed by atoms with Crippen molar-refractivity contribution in [2.45, 2.75) is 44.7 Å². The third-order valence-corrected chi connectivity index (χ3v) is 6.90. The molecule has 0 bridgehead atoms. The predicted molar refractivity (Wildman–Crippen MR) is 123 cm³/mol. The maximum Gasteiger partial charge on any atom is 0.191 e. The molecule has 0 amide bonds. The molecule has 0 aliphatic carbocycles. The van der Waals surface area contributed by atoms with Crippen molar-refractivity contribution in [1.29, 1.82) is 0 Å². The number of nitrogens with zero attached hydrogens (tertiary/aromatic N) is 2. The summed E-state index contributed by atoms with van der Waals surface area (Å²) in [5, 5.41) is 9.19. The van der Waals surface area contributed by atoms with E-state index in [9.17, 15) is 4.39 Å². The van der Waals surface area contributed by atoms with Crippen molar-refractivity contribution in [3.05, 3.63) is 52.0 Å². The van der Waals surface area contributed by atoms with E-state index in [0.29, 0.717) is 11.8 Å². The second kappa shape index (κ2) is 10.3. The molecule has 0 saturated carbocycles. The van der Waals surface area contributed by atoms with Crippen molar-refractivity contribution >= 4 is 17.3 Å². The van der Waals surface area contributed by atoms with Gasteiger partial charge >= 0.3 is 0 Å². The van der Waals surface area contributed by atoms with E-state index < -0.39 is 0 Å². The molecule has 164 valence electrons. The van der Waals surface area contributed by atoms with E-state index in [2.05, 4.69) is 51.9 Å². The van der Waals surface area contributed by atoms with Crippen LogP contribution in [0.2, 0.25) is 0 Å². The number of piperidine rings is 1. The zero-order chi connectivity index (χ0) is 21.6. The van der Waals surface area contributed by atoms with Gasteiger partial charge in [0.2, 0.25) is 0 Å². The van der Waals surface area contributed by atoms with E-state index in [1.165, 1.54) is 12.0 Å². The molecule has 2 aromatic rings. The molecule has 7 heteroatoms. The van der Waals surface area contributed by atoms with E-state index in [-0.39, 0.29) is 11.2 Å². The van der Waals surface area contributed by atoms with Crippen LogP contribution < -0.4 is 15.4 Å². The Morgan fingerprint density at radius 3 is 2.67 bits per heavy atom. The highest BCUT2D eigenvalue weighted by atomic mass is 32.1. The molecule has 2 N–H and O–H groups in total. The molecular weight excluding hydrogens is 399 g/mol. The maximum absolute atomic E-state index is 13.9. The van der Waals surface area contributed by atoms with Crippen LogP contribution in [0.4, 0.5) is 4.39 Å². The number of nitrogens with one attached hydrogen (secondary N) is 2. The molecule has 0 radical (unpaired) electrons. The standard InChI is InChI=1S/C23H33FN4OS/c1-23(2,21-6-5-13-30-21)16-26-22(25-3)27-18-9-11-28(12-10-18)15-17-7-8-20(29-4)19(24)14-17/h5-8,13-14,18H,9-12,15-16H2,1-4H3,(H2,25,26,27). The zero-order valence-corrected chi connectivity index (χ0v) is 19.2. The molecule has 0 atom stereocenters. The molecule has 1 aromatic heterocycles. The van der Waals surface area contributed by atoms with Gasteiger partial charge in [-0.3, -0.25) is 9.89 Å². The summed E-state index contributed by atoms with van der Waals surface area (Å²) in [7, 11) is 3.31. The zero-order valence-electron chi connectivity index (χ0n) is 18.4. The molecule has 1 aromatic carbocycles. The molecule has 0 unspecified atom stereocenters. The van der Waals surface area contributed by atoms with Crippen LogP contribution in [0.15, 0.2) is 40.7 Å². The van der Waals surface area contributed by atoms with Gasteiger partial charge in [-0.15, -0.1) is 11.3 Å². The van der Waals surface area contributed by atoms with Crippen LogP contribution in [0.3, 0.4) is 0 Å². The lowest BCUT2D eigenvalue weighted by Gasteiger charge is -2.33. The highest BCUT2D eigenvalue weighted by Gasteiger charge is 2.24. The first-order chi connectivity index (χ1) is 14.4. The Hall–Kier alpha value is -2.12. The largest absolute Gasteiger partial charge is 0.494 e. The average Bonchev–Trinajstić information content (AvgIpc) is 3.28. The van der Waals surface area contributed by atoms with Gasteiger partial charge in [-0.05, 0) is 42.0 Å². The summed E-state index contributed by atoms with van der Waals surface area (Å²) in [5.74, 6) is 0.852. The van der Waals surface area contributed by atoms with Gasteiger partial charge in [0.15, 0.2) is 17.5 Å². The van der Waals surface area contributed by atoms with Gasteiger partial charge < -0.3 is 15.4 Å². The Bertz CT molecular complexity index is 830. The number of methoxy groups -OCH3 is 1. The summed E-state index contributed by atoms with van der Waals surface area (Å²) in [6.45, 7) is 8.04. The fourth-order valence-electron chi connectivity index (χ4n) is 3.75. The number of ether oxygens (including phenoxy) is 1. The van der Waals surface area contributed by atoms with Crippen LogP contribution in [0.5, 0.6) is 5.75 Å². The monoisotopic (exact) mass is 432 g/mol. The lowest BCUT2D eigenvalue weighted by atomic mass is 9.91. The third-order valence-electron chi connectivity index (χ3n) is 5.66. The lowest BCUT2D eigenvalue weighted by molar-refractivity contribution is 0.198. The Balaban J connectivity index is 1.44. The molecule has 2 heterocycles. The molecule has 1 fully saturated rings. The van der Waals surface area contributed by atoms with Crippen molar-refractivity contribution in [3.63, 3.8) is 0 Å². The van der Waals surface area contributed by atoms with Crippen LogP contribution in [0, 0.1) is 5.82 Å². The van der Waals surface area contributed by atoms with Crippen LogP contribution in [0.25, 0.3) is 0 Å². The predicted octanol–water partition coefficient (Wildman–Crippen LogP) is 4.00. The molecule has 1 aliphatic heterocycles. The van der Waals surface area contributed by atoms with E-state index >= 15 is 0 Å². The fraction of sp³-hybridized carbons (Fsp3) is 0.522. The summed E-state index contributed by atoms with van der Waals surface area (Å²) < 4.78 is 18.9. The minimum atomic E-state index is -0.299. The highest BCUT2D eigenvalue weighted by molar-refractivity contribution is 7.10. The van der Waals surface area contributed by atoms with Crippen molar-refractivity contribution in [1.82, 2.24) is 15.5 Å². The van der Waals surface area contributed by atoms with E-state index in [1.807, 2.05) is 13.1 Å². The smallest absolute Gasteiger partial charge is 0.191 e. The summed E-state index contributed by atoms with van der Waals surface area (Å²) in [4.78, 5) is 8.15. The first-order valence-electron chi connectivity index (χ1n) is 10.5. The van der Waals surface area contributed by atoms with Crippen LogP contribution in [-0.2, 0) is 12.0 Å². The van der Waals surface area contributed by atoms with Crippen LogP contribution >= 0.6 is 11.3 Å². The van der Waals surface area contributed by atoms with Gasteiger partial charge in [0, 0.05) is 49.6 Å². The molecular formula is C23H33FN4OS. The van der Waals surface area contributed by atoms with Crippen molar-refractivity contribution < 1.29 is 9.13 Å². The number of guanidine groups is 1. The van der Waals surface area contributed by atoms with Crippen molar-refractivity contribution in [2.24, 2.45) is 4.99 Å². The highest BCUT2D eigenvalue weighted by Crippen LogP contribution is 2.26. The SMILES string of the molecule is CN=C(NCC(C)(C)c1cccs1)NC1CCN(Cc2ccc(OC)c(F)c2)CC1. The Kier molecular flexibility index (Phi) is 7.72. The van der Waals surface area contributed by atoms with Gasteiger partial charge in [-0.1, -0.05) is 26.0 Å². The number of likely N-dealkylation sites (tertiary alicyclic amines) is 1. The summed E-state index contributed by atoms with van der Waals surface area (Å²) in [5.41, 5.74) is 1.04. The number of halogens is 1. The van der Waals surface area contributed by atoms with Gasteiger partial charge in [0.05, 0.1) is 7.11 Å². The maximum atomic E-state index is 13.9. The number of benzene rings is 1. The van der Waals surface area contributed by atoms with Gasteiger partial charge in [-0.25, -0.2) is 4.39 Å². The molecule has 1 saturated heterocycles. The van der Waals surface area contributed by atoms with Crippen molar-refractivity contribution in [2.75, 3.05) is 33.8 Å². The first-order valence-corrected chi connectivity index (χ1v) is 11.3. The van der Waals surface area contributed by atoms with Gasteiger partial charge in [0.25, 0.3) is 0 Å². The second-order valence-corrected chi connectivity index (χ2v) is 9.40. The Morgan fingerprint density at radius 1 is 1.30 bits per heavy atom. The number of hydrogen-bond donors (Lipinski definition) is 2. The Labute approximate surface area is 183 Å². The molecule has 30 heavy (non-hydrogen) atoms. The topological polar surface area (TPSA) is 48.9 Å². The number of aliphatic imine (C=N–C) groups is 1. The summed E-state index contributed by atoms with van der Waals surface area (Å²) in [6.07, 6.45) is 2.07. The van der Waals surface area contributed by atoms with Gasteiger partial charge in [0.1, 0.15) is 0 Å². The first kappa shape index (κ1) is 22.6. The van der Waals surface area contributed by atoms with E-state index in [1.54, 1.807) is 23.5 Å². The van der Waals surface area contributed by atoms with E-state index in [4.69, 9.17) is 4.74 Å². The minimum absolute atomic E-state index is 0.0583. The lowest BCUT2D eigenvalue weighted by Crippen LogP contribution is -2.50. The second-order valence-electron chi connectivity index (χ2n) is 8.45. The van der Waals surface area contributed by atoms with E-state index in [0.717, 1.165) is 50.5 Å². The molecule has 0 spiro atoms. The van der Waals surface area contributed by atoms with Crippen LogP contribution in [-0.4, -0.2) is 50.7 Å². The third kappa shape index (κ3) is 5.95. The van der Waals surface area contributed by atoms with Crippen molar-refractivity contribution in [3.8, 4) is 5.75 Å². The summed E-state index contributed by atoms with van der Waals surface area (Å²) in [6, 6.07) is 9.89. The fourth-order valence-corrected chi connectivity index (χ4v) is 4.60. The molecule has 1 aliphatic rings. The Morgan fingerprint density at radius 2 is 2.07 bits per heavy atom. The summed E-state index contributed by atoms with van der Waals surface area (Å²) >= 11 is 1.79. The number of rotatable bonds is 7. The van der Waals surface area contributed by atoms with Gasteiger partial charge in [-0.2, -0.15) is 0 Å². The number of thiophene rings is 1. The minimum Gasteiger partial charge on any atom is -0.494 e. The normalized spacial score (nSPS) is 16.5. The quantitative estimate of drug-likeness (QED) is 0.513. The average molecular weight is 433 g/mol. The van der Waals surface area contributed by atoms with Crippen LogP contribution in [0.1, 0.15) is 37.1 Å². The number of hydrogen-bond acceptors (Lipinski definition) is 4.